The number of alkyl halides is 3. The molecule has 22 heavy (non-hydrogen) atoms. The minimum absolute atomic E-state index is 0.0529. The number of carboxylic acids is 1. The second-order valence-corrected chi connectivity index (χ2v) is 5.51. The van der Waals surface area contributed by atoms with E-state index < -0.39 is 40.4 Å². The van der Waals surface area contributed by atoms with Gasteiger partial charge >= 0.3 is 12.1 Å². The monoisotopic (exact) mass is 319 g/mol. The van der Waals surface area contributed by atoms with Gasteiger partial charge in [-0.3, -0.25) is 9.59 Å². The number of likely N-dealkylation sites (tertiary alicyclic amines) is 1. The maximum absolute atomic E-state index is 13.9. The lowest BCUT2D eigenvalue weighted by atomic mass is 9.90. The van der Waals surface area contributed by atoms with Crippen LogP contribution in [0.1, 0.15) is 29.3 Å². The molecule has 8 heteroatoms. The lowest BCUT2D eigenvalue weighted by Gasteiger charge is -2.21. The normalized spacial score (nSPS) is 22.0. The molecular weight excluding hydrogens is 306 g/mol. The highest BCUT2D eigenvalue weighted by atomic mass is 19.4. The molecule has 0 aliphatic carbocycles. The van der Waals surface area contributed by atoms with Crippen molar-refractivity contribution in [3.63, 3.8) is 0 Å². The van der Waals surface area contributed by atoms with Crippen molar-refractivity contribution < 1.29 is 32.3 Å². The molecule has 0 aromatic heterocycles. The molecule has 1 aromatic rings. The number of nitrogens with zero attached hydrogens (tertiary/aromatic N) is 1. The van der Waals surface area contributed by atoms with Crippen LogP contribution in [0.4, 0.5) is 17.6 Å². The topological polar surface area (TPSA) is 57.6 Å². The van der Waals surface area contributed by atoms with Gasteiger partial charge in [0.05, 0.1) is 16.5 Å². The molecule has 1 amide bonds. The zero-order chi connectivity index (χ0) is 16.7. The summed E-state index contributed by atoms with van der Waals surface area (Å²) in [7, 11) is 0. The Labute approximate surface area is 123 Å². The van der Waals surface area contributed by atoms with Crippen LogP contribution in [-0.2, 0) is 11.0 Å². The van der Waals surface area contributed by atoms with Gasteiger partial charge in [-0.05, 0) is 25.5 Å². The number of amides is 1. The summed E-state index contributed by atoms with van der Waals surface area (Å²) >= 11 is 0. The molecule has 1 aliphatic rings. The van der Waals surface area contributed by atoms with Gasteiger partial charge in [0.15, 0.2) is 0 Å². The van der Waals surface area contributed by atoms with Crippen molar-refractivity contribution in [1.82, 2.24) is 4.90 Å². The molecule has 120 valence electrons. The standard InChI is InChI=1S/C14H13F4NO3/c1-13(12(21)22)5-6-19(7-13)11(20)8-3-2-4-9(10(8)15)14(16,17)18/h2-4H,5-7H2,1H3,(H,21,22). The number of halogens is 4. The van der Waals surface area contributed by atoms with Gasteiger partial charge in [-0.25, -0.2) is 4.39 Å². The van der Waals surface area contributed by atoms with Crippen LogP contribution in [0.3, 0.4) is 0 Å². The Morgan fingerprint density at radius 1 is 1.32 bits per heavy atom. The third kappa shape index (κ3) is 2.77. The maximum atomic E-state index is 13.9. The number of rotatable bonds is 2. The van der Waals surface area contributed by atoms with E-state index in [1.54, 1.807) is 0 Å². The molecule has 1 heterocycles. The lowest BCUT2D eigenvalue weighted by Crippen LogP contribution is -2.35. The minimum atomic E-state index is -4.90. The Hall–Kier alpha value is -2.12. The SMILES string of the molecule is CC1(C(=O)O)CCN(C(=O)c2cccc(C(F)(F)F)c2F)C1. The van der Waals surface area contributed by atoms with Crippen molar-refractivity contribution in [1.29, 1.82) is 0 Å². The van der Waals surface area contributed by atoms with Gasteiger partial charge < -0.3 is 10.0 Å². The van der Waals surface area contributed by atoms with E-state index in [-0.39, 0.29) is 19.5 Å². The number of carbonyl (C=O) groups excluding carboxylic acids is 1. The van der Waals surface area contributed by atoms with Crippen molar-refractivity contribution in [2.75, 3.05) is 13.1 Å². The van der Waals surface area contributed by atoms with Crippen molar-refractivity contribution in [3.8, 4) is 0 Å². The van der Waals surface area contributed by atoms with Gasteiger partial charge in [-0.1, -0.05) is 6.07 Å². The van der Waals surface area contributed by atoms with Crippen molar-refractivity contribution in [2.24, 2.45) is 5.41 Å². The summed E-state index contributed by atoms with van der Waals surface area (Å²) in [4.78, 5) is 24.4. The van der Waals surface area contributed by atoms with E-state index in [4.69, 9.17) is 5.11 Å². The van der Waals surface area contributed by atoms with Crippen molar-refractivity contribution >= 4 is 11.9 Å². The van der Waals surface area contributed by atoms with Gasteiger partial charge in [-0.2, -0.15) is 13.2 Å². The Morgan fingerprint density at radius 2 is 1.95 bits per heavy atom. The fourth-order valence-corrected chi connectivity index (χ4v) is 2.40. The molecule has 0 bridgehead atoms. The van der Waals surface area contributed by atoms with Gasteiger partial charge in [0.2, 0.25) is 0 Å². The van der Waals surface area contributed by atoms with E-state index >= 15 is 0 Å². The molecule has 1 atom stereocenters. The summed E-state index contributed by atoms with van der Waals surface area (Å²) in [6.45, 7) is 1.32. The number of benzene rings is 1. The van der Waals surface area contributed by atoms with Crippen LogP contribution in [0, 0.1) is 11.2 Å². The highest BCUT2D eigenvalue weighted by Crippen LogP contribution is 2.34. The average molecular weight is 319 g/mol. The van der Waals surface area contributed by atoms with E-state index in [9.17, 15) is 27.2 Å². The van der Waals surface area contributed by atoms with Gasteiger partial charge in [0, 0.05) is 13.1 Å². The first-order valence-corrected chi connectivity index (χ1v) is 6.44. The third-order valence-electron chi connectivity index (χ3n) is 3.81. The Bertz CT molecular complexity index is 629. The van der Waals surface area contributed by atoms with Gasteiger partial charge in [0.25, 0.3) is 5.91 Å². The van der Waals surface area contributed by atoms with Gasteiger partial charge in [0.1, 0.15) is 5.82 Å². The van der Waals surface area contributed by atoms with Crippen LogP contribution in [-0.4, -0.2) is 35.0 Å². The highest BCUT2D eigenvalue weighted by Gasteiger charge is 2.43. The molecule has 4 nitrogen and oxygen atoms in total. The zero-order valence-corrected chi connectivity index (χ0v) is 11.6. The highest BCUT2D eigenvalue weighted by molar-refractivity contribution is 5.95. The summed E-state index contributed by atoms with van der Waals surface area (Å²) in [6.07, 6.45) is -4.74. The number of hydrogen-bond donors (Lipinski definition) is 1. The third-order valence-corrected chi connectivity index (χ3v) is 3.81. The molecule has 1 aliphatic heterocycles. The first-order chi connectivity index (χ1) is 10.1. The summed E-state index contributed by atoms with van der Waals surface area (Å²) in [6, 6.07) is 2.46. The van der Waals surface area contributed by atoms with Gasteiger partial charge in [-0.15, -0.1) is 0 Å². The fraction of sp³-hybridized carbons (Fsp3) is 0.429. The number of carboxylic acid groups (broad SMARTS) is 1. The lowest BCUT2D eigenvalue weighted by molar-refractivity contribution is -0.147. The number of carbonyl (C=O) groups is 2. The minimum Gasteiger partial charge on any atom is -0.481 e. The molecule has 0 saturated carbocycles. The number of aliphatic carboxylic acids is 1. The molecule has 1 saturated heterocycles. The first kappa shape index (κ1) is 16.3. The Kier molecular flexibility index (Phi) is 3.88. The first-order valence-electron chi connectivity index (χ1n) is 6.44. The van der Waals surface area contributed by atoms with E-state index in [2.05, 4.69) is 0 Å². The predicted octanol–water partition coefficient (Wildman–Crippen LogP) is 2.78. The molecule has 1 N–H and O–H groups in total. The molecule has 0 radical (unpaired) electrons. The molecular formula is C14H13F4NO3. The van der Waals surface area contributed by atoms with E-state index in [0.29, 0.717) is 6.07 Å². The molecule has 2 rings (SSSR count). The summed E-state index contributed by atoms with van der Waals surface area (Å²) < 4.78 is 51.9. The predicted molar refractivity (Wildman–Crippen MR) is 67.7 cm³/mol. The smallest absolute Gasteiger partial charge is 0.419 e. The van der Waals surface area contributed by atoms with Crippen molar-refractivity contribution in [2.45, 2.75) is 19.5 Å². The largest absolute Gasteiger partial charge is 0.481 e. The molecule has 1 fully saturated rings. The summed E-state index contributed by atoms with van der Waals surface area (Å²) in [5, 5.41) is 9.09. The van der Waals surface area contributed by atoms with E-state index in [0.717, 1.165) is 17.0 Å². The Balaban J connectivity index is 2.31. The summed E-state index contributed by atoms with van der Waals surface area (Å²) in [5.74, 6) is -3.68. The number of hydrogen-bond acceptors (Lipinski definition) is 2. The zero-order valence-electron chi connectivity index (χ0n) is 11.6. The van der Waals surface area contributed by atoms with Crippen LogP contribution in [0.5, 0.6) is 0 Å². The van der Waals surface area contributed by atoms with Crippen LogP contribution in [0.25, 0.3) is 0 Å². The molecule has 1 aromatic carbocycles. The molecule has 0 spiro atoms. The molecule has 1 unspecified atom stereocenters. The fourth-order valence-electron chi connectivity index (χ4n) is 2.40. The maximum Gasteiger partial charge on any atom is 0.419 e. The van der Waals surface area contributed by atoms with Crippen LogP contribution in [0.15, 0.2) is 18.2 Å². The van der Waals surface area contributed by atoms with Crippen molar-refractivity contribution in [3.05, 3.63) is 35.1 Å². The van der Waals surface area contributed by atoms with Crippen LogP contribution < -0.4 is 0 Å². The van der Waals surface area contributed by atoms with Crippen LogP contribution >= 0.6 is 0 Å². The second kappa shape index (κ2) is 5.26. The Morgan fingerprint density at radius 3 is 2.45 bits per heavy atom. The van der Waals surface area contributed by atoms with E-state index in [1.165, 1.54) is 6.92 Å². The van der Waals surface area contributed by atoms with E-state index in [1.807, 2.05) is 0 Å². The summed E-state index contributed by atoms with van der Waals surface area (Å²) in [5.41, 5.74) is -3.39. The second-order valence-electron chi connectivity index (χ2n) is 5.51. The average Bonchev–Trinajstić information content (AvgIpc) is 2.81. The quantitative estimate of drug-likeness (QED) is 0.853. The van der Waals surface area contributed by atoms with Crippen LogP contribution in [0.2, 0.25) is 0 Å².